The maximum atomic E-state index is 6.06. The Morgan fingerprint density at radius 1 is 1.28 bits per heavy atom. The Hall–Kier alpha value is -0.500. The molecule has 0 spiro atoms. The van der Waals surface area contributed by atoms with Gasteiger partial charge in [0.15, 0.2) is 0 Å². The highest BCUT2D eigenvalue weighted by Gasteiger charge is 2.19. The summed E-state index contributed by atoms with van der Waals surface area (Å²) < 4.78 is 6.06. The maximum absolute atomic E-state index is 6.06. The predicted molar refractivity (Wildman–Crippen MR) is 82.9 cm³/mol. The summed E-state index contributed by atoms with van der Waals surface area (Å²) in [6.07, 6.45) is 1.14. The quantitative estimate of drug-likeness (QED) is 0.688. The van der Waals surface area contributed by atoms with Crippen LogP contribution in [0.3, 0.4) is 0 Å². The molecule has 18 heavy (non-hydrogen) atoms. The lowest BCUT2D eigenvalue weighted by atomic mass is 9.86. The van der Waals surface area contributed by atoms with Gasteiger partial charge < -0.3 is 4.74 Å². The Morgan fingerprint density at radius 2 is 1.94 bits per heavy atom. The van der Waals surface area contributed by atoms with E-state index in [9.17, 15) is 0 Å². The summed E-state index contributed by atoms with van der Waals surface area (Å²) in [5, 5.41) is 1.00. The van der Waals surface area contributed by atoms with Gasteiger partial charge in [-0.25, -0.2) is 0 Å². The summed E-state index contributed by atoms with van der Waals surface area (Å²) in [6.45, 7) is 11.8. The first-order valence-corrected chi connectivity index (χ1v) is 7.80. The normalized spacial score (nSPS) is 13.4. The summed E-state index contributed by atoms with van der Waals surface area (Å²) in [5.41, 5.74) is 2.67. The van der Waals surface area contributed by atoms with E-state index in [-0.39, 0.29) is 5.41 Å². The molecule has 0 amide bonds. The zero-order valence-electron chi connectivity index (χ0n) is 12.2. The van der Waals surface area contributed by atoms with Gasteiger partial charge in [-0.15, -0.1) is 0 Å². The molecule has 102 valence electrons. The van der Waals surface area contributed by atoms with Crippen LogP contribution in [-0.4, -0.2) is 11.9 Å². The van der Waals surface area contributed by atoms with Gasteiger partial charge >= 0.3 is 0 Å². The van der Waals surface area contributed by atoms with Crippen LogP contribution in [0.5, 0.6) is 5.75 Å². The summed E-state index contributed by atoms with van der Waals surface area (Å²) >= 11 is 3.54. The largest absolute Gasteiger partial charge is 0.493 e. The molecular formula is C16H25BrO. The second-order valence-corrected chi connectivity index (χ2v) is 6.64. The molecule has 0 aliphatic heterocycles. The van der Waals surface area contributed by atoms with E-state index in [1.54, 1.807) is 0 Å². The van der Waals surface area contributed by atoms with Crippen LogP contribution in [-0.2, 0) is 5.41 Å². The lowest BCUT2D eigenvalue weighted by Crippen LogP contribution is -2.17. The fraction of sp³-hybridized carbons (Fsp3) is 0.625. The van der Waals surface area contributed by atoms with Crippen molar-refractivity contribution >= 4 is 15.9 Å². The second-order valence-electron chi connectivity index (χ2n) is 5.99. The monoisotopic (exact) mass is 312 g/mol. The average Bonchev–Trinajstić information content (AvgIpc) is 2.28. The first kappa shape index (κ1) is 15.6. The average molecular weight is 313 g/mol. The molecule has 0 radical (unpaired) electrons. The van der Waals surface area contributed by atoms with Crippen LogP contribution in [0.15, 0.2) is 18.2 Å². The van der Waals surface area contributed by atoms with Crippen LogP contribution in [0.1, 0.15) is 45.2 Å². The molecule has 1 atom stereocenters. The molecule has 0 aliphatic carbocycles. The third-order valence-electron chi connectivity index (χ3n) is 3.22. The zero-order chi connectivity index (χ0) is 13.8. The topological polar surface area (TPSA) is 9.23 Å². The molecule has 1 aromatic carbocycles. The zero-order valence-corrected chi connectivity index (χ0v) is 13.8. The fourth-order valence-electron chi connectivity index (χ4n) is 1.85. The molecule has 1 rings (SSSR count). The highest BCUT2D eigenvalue weighted by molar-refractivity contribution is 9.09. The minimum absolute atomic E-state index is 0.124. The molecule has 0 saturated heterocycles. The molecule has 1 nitrogen and oxygen atoms in total. The Balaban J connectivity index is 2.89. The molecule has 1 aromatic rings. The van der Waals surface area contributed by atoms with E-state index < -0.39 is 0 Å². The van der Waals surface area contributed by atoms with Crippen molar-refractivity contribution in [2.75, 3.05) is 11.9 Å². The van der Waals surface area contributed by atoms with Gasteiger partial charge in [-0.3, -0.25) is 0 Å². The summed E-state index contributed by atoms with van der Waals surface area (Å²) in [6, 6.07) is 6.51. The van der Waals surface area contributed by atoms with Crippen molar-refractivity contribution in [3.05, 3.63) is 29.3 Å². The molecule has 0 N–H and O–H groups in total. The molecular weight excluding hydrogens is 288 g/mol. The Labute approximate surface area is 120 Å². The van der Waals surface area contributed by atoms with Gasteiger partial charge in [0.2, 0.25) is 0 Å². The summed E-state index contributed by atoms with van der Waals surface area (Å²) in [4.78, 5) is 0. The van der Waals surface area contributed by atoms with Gasteiger partial charge in [0.25, 0.3) is 0 Å². The van der Waals surface area contributed by atoms with Crippen molar-refractivity contribution in [1.29, 1.82) is 0 Å². The number of rotatable bonds is 5. The number of hydrogen-bond donors (Lipinski definition) is 0. The van der Waals surface area contributed by atoms with Crippen LogP contribution in [0.4, 0.5) is 0 Å². The van der Waals surface area contributed by atoms with Gasteiger partial charge in [-0.05, 0) is 36.0 Å². The first-order valence-electron chi connectivity index (χ1n) is 6.68. The van der Waals surface area contributed by atoms with Gasteiger partial charge in [0.1, 0.15) is 5.75 Å². The van der Waals surface area contributed by atoms with Crippen LogP contribution in [0, 0.1) is 12.8 Å². The molecule has 0 aromatic heterocycles. The smallest absolute Gasteiger partial charge is 0.123 e. The number of benzene rings is 1. The van der Waals surface area contributed by atoms with Gasteiger partial charge in [-0.2, -0.15) is 0 Å². The SMILES string of the molecule is CCC(CBr)COc1cc(C)ccc1C(C)(C)C. The Morgan fingerprint density at radius 3 is 2.44 bits per heavy atom. The van der Waals surface area contributed by atoms with Gasteiger partial charge in [0, 0.05) is 11.2 Å². The van der Waals surface area contributed by atoms with Crippen molar-refractivity contribution in [1.82, 2.24) is 0 Å². The van der Waals surface area contributed by atoms with E-state index >= 15 is 0 Å². The maximum Gasteiger partial charge on any atom is 0.123 e. The van der Waals surface area contributed by atoms with E-state index in [1.165, 1.54) is 11.1 Å². The standard InChI is InChI=1S/C16H25BrO/c1-6-13(10-17)11-18-15-9-12(2)7-8-14(15)16(3,4)5/h7-9,13H,6,10-11H2,1-5H3. The highest BCUT2D eigenvalue weighted by Crippen LogP contribution is 2.32. The van der Waals surface area contributed by atoms with Crippen LogP contribution >= 0.6 is 15.9 Å². The Bertz CT molecular complexity index is 375. The van der Waals surface area contributed by atoms with Crippen molar-refractivity contribution in [3.8, 4) is 5.75 Å². The van der Waals surface area contributed by atoms with Crippen molar-refractivity contribution in [2.45, 2.75) is 46.5 Å². The molecule has 1 unspecified atom stereocenters. The number of hydrogen-bond acceptors (Lipinski definition) is 1. The van der Waals surface area contributed by atoms with Crippen molar-refractivity contribution in [2.24, 2.45) is 5.92 Å². The number of alkyl halides is 1. The number of halogens is 1. The van der Waals surface area contributed by atoms with E-state index in [0.717, 1.165) is 24.1 Å². The summed E-state index contributed by atoms with van der Waals surface area (Å²) in [5.74, 6) is 1.63. The first-order chi connectivity index (χ1) is 8.38. The third kappa shape index (κ3) is 4.31. The van der Waals surface area contributed by atoms with E-state index in [4.69, 9.17) is 4.74 Å². The van der Waals surface area contributed by atoms with Gasteiger partial charge in [-0.1, -0.05) is 55.8 Å². The van der Waals surface area contributed by atoms with Crippen LogP contribution < -0.4 is 4.74 Å². The predicted octanol–water partition coefficient (Wildman–Crippen LogP) is 5.09. The summed E-state index contributed by atoms with van der Waals surface area (Å²) in [7, 11) is 0. The minimum atomic E-state index is 0.124. The van der Waals surface area contributed by atoms with Crippen molar-refractivity contribution < 1.29 is 4.74 Å². The molecule has 0 aliphatic rings. The van der Waals surface area contributed by atoms with E-state index in [2.05, 4.69) is 68.7 Å². The van der Waals surface area contributed by atoms with Crippen LogP contribution in [0.25, 0.3) is 0 Å². The number of ether oxygens (including phenoxy) is 1. The molecule has 0 saturated carbocycles. The lowest BCUT2D eigenvalue weighted by Gasteiger charge is -2.24. The van der Waals surface area contributed by atoms with E-state index in [0.29, 0.717) is 5.92 Å². The minimum Gasteiger partial charge on any atom is -0.493 e. The molecule has 0 fully saturated rings. The molecule has 0 heterocycles. The Kier molecular flexibility index (Phi) is 5.71. The third-order valence-corrected chi connectivity index (χ3v) is 4.13. The highest BCUT2D eigenvalue weighted by atomic mass is 79.9. The molecule has 2 heteroatoms. The molecule has 0 bridgehead atoms. The van der Waals surface area contributed by atoms with Crippen molar-refractivity contribution in [3.63, 3.8) is 0 Å². The number of aryl methyl sites for hydroxylation is 1. The second kappa shape index (κ2) is 6.60. The van der Waals surface area contributed by atoms with E-state index in [1.807, 2.05) is 0 Å². The lowest BCUT2D eigenvalue weighted by molar-refractivity contribution is 0.254. The van der Waals surface area contributed by atoms with Crippen LogP contribution in [0.2, 0.25) is 0 Å². The fourth-order valence-corrected chi connectivity index (χ4v) is 2.49. The van der Waals surface area contributed by atoms with Gasteiger partial charge in [0.05, 0.1) is 6.61 Å².